The zero-order valence-electron chi connectivity index (χ0n) is 19.8. The first-order valence-electron chi connectivity index (χ1n) is 11.5. The number of hydrogen-bond acceptors (Lipinski definition) is 8. The van der Waals surface area contributed by atoms with Crippen molar-refractivity contribution in [1.82, 2.24) is 29.5 Å². The van der Waals surface area contributed by atoms with Gasteiger partial charge < -0.3 is 10.1 Å². The van der Waals surface area contributed by atoms with E-state index in [0.29, 0.717) is 45.9 Å². The lowest BCUT2D eigenvalue weighted by Gasteiger charge is -2.14. The van der Waals surface area contributed by atoms with Crippen molar-refractivity contribution < 1.29 is 4.74 Å². The summed E-state index contributed by atoms with van der Waals surface area (Å²) in [6, 6.07) is 19.6. The summed E-state index contributed by atoms with van der Waals surface area (Å²) < 4.78 is 6.97. The molecule has 0 unspecified atom stereocenters. The minimum Gasteiger partial charge on any atom is -0.497 e. The molecule has 9 nitrogen and oxygen atoms in total. The molecule has 178 valence electrons. The van der Waals surface area contributed by atoms with Crippen LogP contribution < -0.4 is 10.1 Å². The maximum Gasteiger partial charge on any atom is 0.182 e. The van der Waals surface area contributed by atoms with Crippen LogP contribution in [0.15, 0.2) is 85.7 Å². The van der Waals surface area contributed by atoms with E-state index in [4.69, 9.17) is 14.7 Å². The topological polar surface area (TPSA) is 114 Å². The van der Waals surface area contributed by atoms with E-state index < -0.39 is 0 Å². The maximum absolute atomic E-state index is 10.3. The third-order valence-corrected chi connectivity index (χ3v) is 6.10. The van der Waals surface area contributed by atoms with Gasteiger partial charge in [-0.3, -0.25) is 9.97 Å². The number of anilines is 1. The predicted octanol–water partition coefficient (Wildman–Crippen LogP) is 4.89. The fourth-order valence-corrected chi connectivity index (χ4v) is 4.29. The van der Waals surface area contributed by atoms with Gasteiger partial charge in [-0.05, 0) is 42.0 Å². The molecule has 6 rings (SSSR count). The number of nitrogens with one attached hydrogen (secondary N) is 1. The predicted molar refractivity (Wildman–Crippen MR) is 140 cm³/mol. The van der Waals surface area contributed by atoms with Crippen LogP contribution in [0.25, 0.3) is 39.1 Å². The largest absolute Gasteiger partial charge is 0.497 e. The van der Waals surface area contributed by atoms with Crippen LogP contribution in [0.3, 0.4) is 0 Å². The molecule has 4 aromatic heterocycles. The molecule has 0 atom stereocenters. The SMILES string of the molecule is COc1cccc(-c2nc3c4c(C#N)c(NCc5ccncc5)cc(-c5cccnc5)c4ncn3n2)c1. The molecule has 1 N–H and O–H groups in total. The second-order valence-corrected chi connectivity index (χ2v) is 8.31. The molecular formula is C28H20N8O. The molecule has 9 heteroatoms. The second-order valence-electron chi connectivity index (χ2n) is 8.31. The molecule has 4 heterocycles. The minimum atomic E-state index is 0.444. The molecule has 0 aliphatic rings. The van der Waals surface area contributed by atoms with E-state index in [1.807, 2.05) is 54.6 Å². The van der Waals surface area contributed by atoms with E-state index in [-0.39, 0.29) is 0 Å². The third-order valence-electron chi connectivity index (χ3n) is 6.10. The van der Waals surface area contributed by atoms with Gasteiger partial charge in [-0.2, -0.15) is 5.26 Å². The van der Waals surface area contributed by atoms with Crippen LogP contribution in [0.4, 0.5) is 5.69 Å². The molecule has 0 fully saturated rings. The molecule has 37 heavy (non-hydrogen) atoms. The number of fused-ring (bicyclic) bond motifs is 3. The van der Waals surface area contributed by atoms with Crippen molar-refractivity contribution in [3.8, 4) is 34.3 Å². The lowest BCUT2D eigenvalue weighted by atomic mass is 9.98. The Balaban J connectivity index is 1.59. The molecule has 0 spiro atoms. The van der Waals surface area contributed by atoms with Crippen LogP contribution in [0.1, 0.15) is 11.1 Å². The molecular weight excluding hydrogens is 464 g/mol. The van der Waals surface area contributed by atoms with Gasteiger partial charge in [0.2, 0.25) is 0 Å². The number of methoxy groups -OCH3 is 1. The van der Waals surface area contributed by atoms with Gasteiger partial charge in [0.05, 0.1) is 29.3 Å². The minimum absolute atomic E-state index is 0.444. The number of benzene rings is 2. The fraction of sp³-hybridized carbons (Fsp3) is 0.0714. The number of nitriles is 1. The summed E-state index contributed by atoms with van der Waals surface area (Å²) >= 11 is 0. The molecule has 0 amide bonds. The van der Waals surface area contributed by atoms with Crippen LogP contribution in [0.2, 0.25) is 0 Å². The molecule has 0 aliphatic heterocycles. The molecule has 6 aromatic rings. The van der Waals surface area contributed by atoms with Crippen LogP contribution in [-0.2, 0) is 6.54 Å². The standard InChI is InChI=1S/C28H20N8O/c1-37-21-6-2-4-19(12-21)27-34-28-25-23(14-29)24(32-15-18-7-10-30-11-8-18)13-22(20-5-3-9-31-16-20)26(25)33-17-36(28)35-27/h2-13,16-17,32H,15H2,1H3. The summed E-state index contributed by atoms with van der Waals surface area (Å²) in [4.78, 5) is 17.9. The Bertz CT molecular complexity index is 1780. The van der Waals surface area contributed by atoms with Crippen LogP contribution in [-0.4, -0.2) is 36.7 Å². The van der Waals surface area contributed by atoms with Gasteiger partial charge in [-0.1, -0.05) is 18.2 Å². The van der Waals surface area contributed by atoms with E-state index in [1.165, 1.54) is 0 Å². The van der Waals surface area contributed by atoms with Gasteiger partial charge in [0, 0.05) is 48.0 Å². The van der Waals surface area contributed by atoms with Crippen molar-refractivity contribution in [2.24, 2.45) is 0 Å². The second kappa shape index (κ2) is 9.36. The summed E-state index contributed by atoms with van der Waals surface area (Å²) in [6.45, 7) is 0.521. The third kappa shape index (κ3) is 4.06. The Morgan fingerprint density at radius 3 is 2.65 bits per heavy atom. The number of aromatic nitrogens is 6. The Morgan fingerprint density at radius 1 is 1.00 bits per heavy atom. The molecule has 0 saturated carbocycles. The summed E-state index contributed by atoms with van der Waals surface area (Å²) in [6.07, 6.45) is 8.62. The van der Waals surface area contributed by atoms with Gasteiger partial charge >= 0.3 is 0 Å². The number of ether oxygens (including phenoxy) is 1. The van der Waals surface area contributed by atoms with Crippen molar-refractivity contribution in [1.29, 1.82) is 5.26 Å². The average molecular weight is 485 g/mol. The van der Waals surface area contributed by atoms with E-state index in [9.17, 15) is 5.26 Å². The Kier molecular flexibility index (Phi) is 5.59. The summed E-state index contributed by atoms with van der Waals surface area (Å²) in [5, 5.41) is 19.0. The zero-order chi connectivity index (χ0) is 25.2. The zero-order valence-corrected chi connectivity index (χ0v) is 19.8. The van der Waals surface area contributed by atoms with Crippen molar-refractivity contribution >= 4 is 22.2 Å². The van der Waals surface area contributed by atoms with E-state index >= 15 is 0 Å². The first kappa shape index (κ1) is 22.1. The van der Waals surface area contributed by atoms with Crippen molar-refractivity contribution in [2.75, 3.05) is 12.4 Å². The summed E-state index contributed by atoms with van der Waals surface area (Å²) in [5.41, 5.74) is 5.87. The first-order valence-corrected chi connectivity index (χ1v) is 11.5. The lowest BCUT2D eigenvalue weighted by Crippen LogP contribution is -2.04. The monoisotopic (exact) mass is 484 g/mol. The first-order chi connectivity index (χ1) is 18.2. The van der Waals surface area contributed by atoms with E-state index in [0.717, 1.165) is 22.3 Å². The summed E-state index contributed by atoms with van der Waals surface area (Å²) in [7, 11) is 1.62. The van der Waals surface area contributed by atoms with Crippen LogP contribution in [0.5, 0.6) is 5.75 Å². The highest BCUT2D eigenvalue weighted by molar-refractivity contribution is 6.07. The Morgan fingerprint density at radius 2 is 1.86 bits per heavy atom. The van der Waals surface area contributed by atoms with E-state index in [1.54, 1.807) is 42.7 Å². The van der Waals surface area contributed by atoms with Crippen LogP contribution >= 0.6 is 0 Å². The molecule has 0 aliphatic carbocycles. The average Bonchev–Trinajstić information content (AvgIpc) is 3.41. The lowest BCUT2D eigenvalue weighted by molar-refractivity contribution is 0.415. The van der Waals surface area contributed by atoms with Gasteiger partial charge in [0.25, 0.3) is 0 Å². The number of nitrogens with zero attached hydrogens (tertiary/aromatic N) is 7. The Hall–Kier alpha value is -5.36. The van der Waals surface area contributed by atoms with Crippen molar-refractivity contribution in [3.05, 3.63) is 96.8 Å². The van der Waals surface area contributed by atoms with Gasteiger partial charge in [0.1, 0.15) is 18.1 Å². The molecule has 0 bridgehead atoms. The highest BCUT2D eigenvalue weighted by atomic mass is 16.5. The normalized spacial score (nSPS) is 10.9. The van der Waals surface area contributed by atoms with Gasteiger partial charge in [-0.15, -0.1) is 5.10 Å². The van der Waals surface area contributed by atoms with Gasteiger partial charge in [-0.25, -0.2) is 14.5 Å². The van der Waals surface area contributed by atoms with E-state index in [2.05, 4.69) is 26.5 Å². The van der Waals surface area contributed by atoms with Gasteiger partial charge in [0.15, 0.2) is 11.5 Å². The smallest absolute Gasteiger partial charge is 0.182 e. The maximum atomic E-state index is 10.3. The molecule has 0 radical (unpaired) electrons. The fourth-order valence-electron chi connectivity index (χ4n) is 4.29. The number of pyridine rings is 2. The van der Waals surface area contributed by atoms with Crippen molar-refractivity contribution in [2.45, 2.75) is 6.54 Å². The number of hydrogen-bond donors (Lipinski definition) is 1. The quantitative estimate of drug-likeness (QED) is 0.355. The van der Waals surface area contributed by atoms with Crippen molar-refractivity contribution in [3.63, 3.8) is 0 Å². The highest BCUT2D eigenvalue weighted by Gasteiger charge is 2.20. The highest BCUT2D eigenvalue weighted by Crippen LogP contribution is 2.36. The summed E-state index contributed by atoms with van der Waals surface area (Å²) in [5.74, 6) is 1.22. The molecule has 0 saturated heterocycles. The Labute approximate surface area is 212 Å². The molecule has 2 aromatic carbocycles. The number of rotatable bonds is 6. The van der Waals surface area contributed by atoms with Crippen LogP contribution in [0, 0.1) is 11.3 Å².